The van der Waals surface area contributed by atoms with Gasteiger partial charge in [-0.2, -0.15) is 13.2 Å². The van der Waals surface area contributed by atoms with Crippen LogP contribution in [0.1, 0.15) is 93.8 Å². The van der Waals surface area contributed by atoms with Crippen LogP contribution in [0.15, 0.2) is 121 Å². The molecule has 28 heteroatoms. The summed E-state index contributed by atoms with van der Waals surface area (Å²) in [5.41, 5.74) is 2.71. The number of halogens is 3. The van der Waals surface area contributed by atoms with Crippen molar-refractivity contribution < 1.29 is 101 Å². The first-order valence-electron chi connectivity index (χ1n) is 33.3. The van der Waals surface area contributed by atoms with E-state index in [1.54, 1.807) is 12.1 Å². The van der Waals surface area contributed by atoms with Crippen molar-refractivity contribution in [3.05, 3.63) is 145 Å². The number of quaternary nitrogens is 1. The summed E-state index contributed by atoms with van der Waals surface area (Å²) in [5, 5.41) is 78.9. The quantitative estimate of drug-likeness (QED) is 0.0258. The van der Waals surface area contributed by atoms with Crippen molar-refractivity contribution in [2.75, 3.05) is 54.0 Å². The van der Waals surface area contributed by atoms with Crippen LogP contribution in [0.2, 0.25) is 0 Å². The van der Waals surface area contributed by atoms with Gasteiger partial charge in [0.05, 0.1) is 88.5 Å². The predicted molar refractivity (Wildman–Crippen MR) is 362 cm³/mol. The largest absolute Gasteiger partial charge is 0.508 e. The molecule has 5 aromatic carbocycles. The first kappa shape index (κ1) is 77.4. The van der Waals surface area contributed by atoms with Crippen molar-refractivity contribution >= 4 is 53.8 Å². The number of likely N-dealkylation sites (N-methyl/N-ethyl adjacent to an activating group) is 1. The molecule has 540 valence electrons. The molecule has 24 nitrogen and oxygen atoms in total. The van der Waals surface area contributed by atoms with Gasteiger partial charge in [0.25, 0.3) is 5.91 Å². The molecule has 4 heterocycles. The Morgan fingerprint density at radius 1 is 0.710 bits per heavy atom. The van der Waals surface area contributed by atoms with E-state index in [9.17, 15) is 53.4 Å². The smallest absolute Gasteiger partial charge is 0.494 e. The standard InChI is InChI=1S/C71H87BF3N7O17.CH3/c1-8-9-10-32-96-52-29-21-45(22-30-52)43-13-11-42(12-14-43)44-15-17-47(18-16-44)64(90)76-54-36-57(88)68(97-33-31-82(5,6)7)79-67(93)60-61(89)39(2)37-81(60)70(95)59(41(4)84)77-65(91)53(35-56(87)55-34-51(86)38-80(55)69(94)58(40(3)83)78-66(54)92)63-62(46-19-27-50(85)28-20-46)98-72(99-63)49-25-23-48(24-26-49)71(73,74)75;/h11-30,39-41,51,53-55,57-63,68,83-84,86,88-89H,8-10,31-38H2,1-7H3,(H4-,76,77,78,79,85,90,91,92,93);1H3/q;-1/p+1/t39-,40+,41+,51+,53-,54-,55-,57+,58-,59-,60-,61-,62-,63-,68+;/m0./s1. The number of hydrogen-bond donors (Lipinski definition) is 10. The number of nitrogens with one attached hydrogen (secondary N) is 4. The number of Topliss-reactive ketones (excluding diaryl/α,β-unsaturated/α-hetero) is 1. The van der Waals surface area contributed by atoms with Crippen LogP contribution in [0, 0.1) is 19.3 Å². The fourth-order valence-electron chi connectivity index (χ4n) is 12.7. The van der Waals surface area contributed by atoms with E-state index in [2.05, 4.69) is 28.2 Å². The van der Waals surface area contributed by atoms with Crippen molar-refractivity contribution in [3.63, 3.8) is 0 Å². The maximum Gasteiger partial charge on any atom is 0.494 e. The number of unbranched alkanes of at least 4 members (excludes halogenated alkanes) is 2. The van der Waals surface area contributed by atoms with E-state index in [0.29, 0.717) is 11.1 Å². The van der Waals surface area contributed by atoms with Crippen LogP contribution in [0.25, 0.3) is 22.3 Å². The maximum atomic E-state index is 15.4. The number of alkyl halides is 3. The van der Waals surface area contributed by atoms with Crippen molar-refractivity contribution in [2.24, 2.45) is 11.8 Å². The number of hydrogen-bond acceptors (Lipinski definition) is 17. The molecule has 10 N–H and O–H groups in total. The number of phenolic OH excluding ortho intramolecular Hbond substituents is 1. The number of nitrogens with zero attached hydrogens (tertiary/aromatic N) is 3. The molecule has 5 aromatic rings. The molecule has 0 unspecified atom stereocenters. The highest BCUT2D eigenvalue weighted by Gasteiger charge is 2.53. The molecule has 0 saturated carbocycles. The van der Waals surface area contributed by atoms with Gasteiger partial charge >= 0.3 is 13.3 Å². The number of aliphatic hydroxyl groups excluding tert-OH is 5. The summed E-state index contributed by atoms with van der Waals surface area (Å²) >= 11 is 0. The average molecular weight is 1390 g/mol. The third-order valence-corrected chi connectivity index (χ3v) is 18.4. The van der Waals surface area contributed by atoms with Crippen LogP contribution in [-0.2, 0) is 49.0 Å². The summed E-state index contributed by atoms with van der Waals surface area (Å²) in [7, 11) is 3.96. The number of ketones is 1. The number of aromatic hydroxyl groups is 1. The second kappa shape index (κ2) is 33.4. The molecule has 4 aliphatic rings. The van der Waals surface area contributed by atoms with Gasteiger partial charge in [0, 0.05) is 43.8 Å². The van der Waals surface area contributed by atoms with Crippen LogP contribution in [0.4, 0.5) is 13.2 Å². The minimum absolute atomic E-state index is 0. The van der Waals surface area contributed by atoms with Gasteiger partial charge in [-0.3, -0.25) is 33.6 Å². The number of rotatable bonds is 18. The third kappa shape index (κ3) is 19.0. The number of fused-ring (bicyclic) bond motifs is 2. The highest BCUT2D eigenvalue weighted by atomic mass is 19.4. The van der Waals surface area contributed by atoms with Crippen LogP contribution in [0.5, 0.6) is 11.5 Å². The average Bonchev–Trinajstić information content (AvgIpc) is 1.62. The Hall–Kier alpha value is -8.32. The van der Waals surface area contributed by atoms with Crippen molar-refractivity contribution in [1.82, 2.24) is 31.1 Å². The van der Waals surface area contributed by atoms with Crippen molar-refractivity contribution in [1.29, 1.82) is 0 Å². The van der Waals surface area contributed by atoms with Gasteiger partial charge in [0.1, 0.15) is 48.3 Å². The molecular formula is C72H91BF3N7O17. The summed E-state index contributed by atoms with van der Waals surface area (Å²) in [6.07, 6.45) is -17.2. The second-order valence-electron chi connectivity index (χ2n) is 27.1. The number of amides is 6. The Balaban J connectivity index is 0.0000127. The highest BCUT2D eigenvalue weighted by Crippen LogP contribution is 2.40. The van der Waals surface area contributed by atoms with E-state index < -0.39 is 177 Å². The molecule has 4 fully saturated rings. The fraction of sp³-hybridized carbons (Fsp3) is 0.472. The summed E-state index contributed by atoms with van der Waals surface area (Å²) < 4.78 is 66.6. The summed E-state index contributed by atoms with van der Waals surface area (Å²) in [5.74, 6) is -9.61. The predicted octanol–water partition coefficient (Wildman–Crippen LogP) is 3.82. The zero-order valence-electron chi connectivity index (χ0n) is 57.2. The molecule has 15 atom stereocenters. The Labute approximate surface area is 579 Å². The van der Waals surface area contributed by atoms with E-state index in [-0.39, 0.29) is 49.5 Å². The number of aliphatic hydroxyl groups is 5. The zero-order valence-corrected chi connectivity index (χ0v) is 57.2. The Kier molecular flexibility index (Phi) is 25.9. The Morgan fingerprint density at radius 3 is 1.83 bits per heavy atom. The number of ether oxygens (including phenoxy) is 2. The lowest BCUT2D eigenvalue weighted by Gasteiger charge is -2.34. The molecule has 9 rings (SSSR count). The fourth-order valence-corrected chi connectivity index (χ4v) is 12.7. The molecule has 0 spiro atoms. The van der Waals surface area contributed by atoms with Crippen LogP contribution < -0.4 is 31.5 Å². The Morgan fingerprint density at radius 2 is 1.27 bits per heavy atom. The van der Waals surface area contributed by atoms with Gasteiger partial charge in [-0.05, 0) is 89.9 Å². The SMILES string of the molecule is CCCCCOc1ccc(-c2ccc(-c3ccc(C(=O)N[C@H]4C[C@@H](O)[C@@H](OCC[N+](C)(C)C)NC(=O)[C@@H]5[C@@H](O)[C@@H](C)CN5C(=O)[C@H]([C@@H](C)O)NC(=O)[C@H]([C@@H]5OB(c6ccc(C(F)(F)F)cc6)O[C@H]5c5ccc(O)cc5)CC(=O)[C@@H]5C[C@@H](O)CN5C(=O)[C@H]([C@@H](C)O)NC4=O)cc3)cc2)cc1.[CH3-]. The minimum Gasteiger partial charge on any atom is -0.508 e. The van der Waals surface area contributed by atoms with Gasteiger partial charge in [-0.15, -0.1) is 0 Å². The monoisotopic (exact) mass is 1390 g/mol. The lowest BCUT2D eigenvalue weighted by molar-refractivity contribution is -0.870. The van der Waals surface area contributed by atoms with E-state index in [1.165, 1.54) is 43.3 Å². The normalized spacial score (nSPS) is 26.7. The summed E-state index contributed by atoms with van der Waals surface area (Å²) in [4.78, 5) is 107. The lowest BCUT2D eigenvalue weighted by Crippen LogP contribution is -2.61. The van der Waals surface area contributed by atoms with E-state index in [4.69, 9.17) is 18.8 Å². The van der Waals surface area contributed by atoms with Crippen molar-refractivity contribution in [3.8, 4) is 33.8 Å². The maximum absolute atomic E-state index is 15.4. The lowest BCUT2D eigenvalue weighted by atomic mass is 9.79. The number of carbonyl (C=O) groups excluding carboxylic acids is 7. The molecule has 4 aliphatic heterocycles. The molecule has 6 amide bonds. The number of carbonyl (C=O) groups is 7. The zero-order chi connectivity index (χ0) is 71.8. The second-order valence-corrected chi connectivity index (χ2v) is 27.1. The van der Waals surface area contributed by atoms with Gasteiger partial charge in [0.2, 0.25) is 29.5 Å². The third-order valence-electron chi connectivity index (χ3n) is 18.4. The first-order chi connectivity index (χ1) is 46.9. The van der Waals surface area contributed by atoms with Gasteiger partial charge in [-0.1, -0.05) is 112 Å². The first-order valence-corrected chi connectivity index (χ1v) is 33.3. The Bertz CT molecular complexity index is 3620. The summed E-state index contributed by atoms with van der Waals surface area (Å²) in [6, 6.07) is 21.7. The van der Waals surface area contributed by atoms with E-state index in [0.717, 1.165) is 95.2 Å². The van der Waals surface area contributed by atoms with E-state index >= 15 is 24.0 Å². The van der Waals surface area contributed by atoms with Gasteiger partial charge in [-0.25, -0.2) is 0 Å². The molecule has 100 heavy (non-hydrogen) atoms. The van der Waals surface area contributed by atoms with Crippen LogP contribution in [0.3, 0.4) is 0 Å². The molecule has 0 aromatic heterocycles. The van der Waals surface area contributed by atoms with Crippen LogP contribution >= 0.6 is 0 Å². The van der Waals surface area contributed by atoms with Gasteiger partial charge in [0.15, 0.2) is 12.0 Å². The van der Waals surface area contributed by atoms with Crippen molar-refractivity contribution in [2.45, 2.75) is 152 Å². The molecule has 0 aliphatic carbocycles. The number of benzene rings is 5. The van der Waals surface area contributed by atoms with Gasteiger partial charge < -0.3 is 92.4 Å². The molecular weight excluding hydrogens is 1300 g/mol. The van der Waals surface area contributed by atoms with E-state index in [1.807, 2.05) is 69.7 Å². The molecule has 4 saturated heterocycles. The topological polar surface area (TPSA) is 332 Å². The number of phenols is 1. The minimum atomic E-state index is -4.74. The molecule has 0 bridgehead atoms. The summed E-state index contributed by atoms with van der Waals surface area (Å²) in [6.45, 7) is 5.78. The highest BCUT2D eigenvalue weighted by molar-refractivity contribution is 6.61. The molecule has 0 radical (unpaired) electrons. The van der Waals surface area contributed by atoms with Crippen LogP contribution in [-0.4, -0.2) is 220 Å².